The first kappa shape index (κ1) is 13.7. The van der Waals surface area contributed by atoms with Crippen LogP contribution in [0.1, 0.15) is 23.3 Å². The van der Waals surface area contributed by atoms with Crippen molar-refractivity contribution < 1.29 is 14.3 Å². The van der Waals surface area contributed by atoms with E-state index in [0.717, 1.165) is 12.8 Å². The summed E-state index contributed by atoms with van der Waals surface area (Å²) >= 11 is 0. The molecule has 1 fully saturated rings. The number of aromatic amines is 1. The third kappa shape index (κ3) is 2.52. The molecule has 1 atom stereocenters. The van der Waals surface area contributed by atoms with Gasteiger partial charge in [0.25, 0.3) is 5.91 Å². The monoisotopic (exact) mass is 291 g/mol. The van der Waals surface area contributed by atoms with Crippen LogP contribution in [-0.4, -0.2) is 33.9 Å². The van der Waals surface area contributed by atoms with Gasteiger partial charge in [-0.15, -0.1) is 0 Å². The molecular formula is C14H14FN3O3. The van der Waals surface area contributed by atoms with Gasteiger partial charge in [0.2, 0.25) is 5.43 Å². The van der Waals surface area contributed by atoms with Crippen molar-refractivity contribution in [3.63, 3.8) is 0 Å². The second kappa shape index (κ2) is 5.25. The third-order valence-corrected chi connectivity index (χ3v) is 3.67. The minimum atomic E-state index is -0.659. The van der Waals surface area contributed by atoms with Crippen molar-refractivity contribution in [3.8, 4) is 0 Å². The average Bonchev–Trinajstić information content (AvgIpc) is 3.30. The zero-order valence-corrected chi connectivity index (χ0v) is 11.1. The highest BCUT2D eigenvalue weighted by molar-refractivity contribution is 5.95. The normalized spacial score (nSPS) is 15.9. The van der Waals surface area contributed by atoms with Crippen molar-refractivity contribution in [1.29, 1.82) is 0 Å². The summed E-state index contributed by atoms with van der Waals surface area (Å²) in [5.74, 6) is -1.01. The Balaban J connectivity index is 1.95. The molecule has 1 aliphatic rings. The van der Waals surface area contributed by atoms with E-state index in [9.17, 15) is 19.1 Å². The van der Waals surface area contributed by atoms with Crippen molar-refractivity contribution in [3.05, 3.63) is 39.9 Å². The van der Waals surface area contributed by atoms with Crippen molar-refractivity contribution in [1.82, 2.24) is 15.5 Å². The molecule has 7 heteroatoms. The molecule has 6 nitrogen and oxygen atoms in total. The van der Waals surface area contributed by atoms with E-state index >= 15 is 0 Å². The number of amides is 1. The predicted molar refractivity (Wildman–Crippen MR) is 73.4 cm³/mol. The van der Waals surface area contributed by atoms with Gasteiger partial charge in [0, 0.05) is 0 Å². The fourth-order valence-corrected chi connectivity index (χ4v) is 2.32. The number of benzene rings is 1. The summed E-state index contributed by atoms with van der Waals surface area (Å²) in [6.45, 7) is -0.184. The lowest BCUT2D eigenvalue weighted by Gasteiger charge is -2.14. The number of fused-ring (bicyclic) bond motifs is 1. The van der Waals surface area contributed by atoms with Crippen molar-refractivity contribution >= 4 is 16.8 Å². The molecule has 0 spiro atoms. The molecule has 0 aliphatic heterocycles. The van der Waals surface area contributed by atoms with Gasteiger partial charge in [0.05, 0.1) is 18.0 Å². The summed E-state index contributed by atoms with van der Waals surface area (Å²) in [4.78, 5) is 24.3. The Morgan fingerprint density at radius 2 is 2.29 bits per heavy atom. The van der Waals surface area contributed by atoms with Gasteiger partial charge in [-0.05, 0) is 30.9 Å². The number of nitrogens with one attached hydrogen (secondary N) is 2. The number of hydrogen-bond acceptors (Lipinski definition) is 4. The first-order valence-electron chi connectivity index (χ1n) is 6.70. The van der Waals surface area contributed by atoms with Gasteiger partial charge >= 0.3 is 0 Å². The Morgan fingerprint density at radius 1 is 1.52 bits per heavy atom. The predicted octanol–water partition coefficient (Wildman–Crippen LogP) is 0.563. The van der Waals surface area contributed by atoms with E-state index in [1.54, 1.807) is 0 Å². The van der Waals surface area contributed by atoms with E-state index in [4.69, 9.17) is 0 Å². The Morgan fingerprint density at radius 3 is 2.95 bits per heavy atom. The van der Waals surface area contributed by atoms with Crippen LogP contribution in [0.2, 0.25) is 0 Å². The minimum Gasteiger partial charge on any atom is -0.394 e. The molecule has 21 heavy (non-hydrogen) atoms. The Bertz CT molecular complexity index is 755. The second-order valence-corrected chi connectivity index (χ2v) is 5.16. The molecule has 1 heterocycles. The molecule has 3 N–H and O–H groups in total. The fraction of sp³-hybridized carbons (Fsp3) is 0.357. The highest BCUT2D eigenvalue weighted by Crippen LogP contribution is 2.32. The second-order valence-electron chi connectivity index (χ2n) is 5.16. The van der Waals surface area contributed by atoms with Crippen LogP contribution >= 0.6 is 0 Å². The van der Waals surface area contributed by atoms with Crippen LogP contribution in [0, 0.1) is 11.7 Å². The van der Waals surface area contributed by atoms with E-state index in [1.165, 1.54) is 18.2 Å². The van der Waals surface area contributed by atoms with E-state index in [-0.39, 0.29) is 35.2 Å². The standard InChI is InChI=1S/C14H14FN3O3/c15-9-3-1-2-8-11(9)17-18-12(13(8)20)14(21)16-10(6-19)7-4-5-7/h1-3,7,10,19H,4-6H2,(H,16,21)(H,17,20). The third-order valence-electron chi connectivity index (χ3n) is 3.67. The number of para-hydroxylation sites is 1. The number of carbonyl (C=O) groups is 1. The number of aromatic nitrogens is 2. The summed E-state index contributed by atoms with van der Waals surface area (Å²) in [6.07, 6.45) is 1.89. The first-order chi connectivity index (χ1) is 10.1. The lowest BCUT2D eigenvalue weighted by atomic mass is 10.1. The van der Waals surface area contributed by atoms with Crippen LogP contribution in [-0.2, 0) is 0 Å². The zero-order chi connectivity index (χ0) is 15.0. The van der Waals surface area contributed by atoms with E-state index in [2.05, 4.69) is 15.5 Å². The fourth-order valence-electron chi connectivity index (χ4n) is 2.32. The lowest BCUT2D eigenvalue weighted by Crippen LogP contribution is -2.41. The van der Waals surface area contributed by atoms with Gasteiger partial charge in [-0.25, -0.2) is 4.39 Å². The topological polar surface area (TPSA) is 95.1 Å². The molecular weight excluding hydrogens is 277 g/mol. The molecule has 1 aromatic carbocycles. The van der Waals surface area contributed by atoms with E-state index < -0.39 is 17.2 Å². The van der Waals surface area contributed by atoms with Crippen LogP contribution in [0.3, 0.4) is 0 Å². The summed E-state index contributed by atoms with van der Waals surface area (Å²) < 4.78 is 13.5. The van der Waals surface area contributed by atoms with Crippen LogP contribution in [0.4, 0.5) is 4.39 Å². The number of aliphatic hydroxyl groups is 1. The number of aliphatic hydroxyl groups excluding tert-OH is 1. The number of H-pyrrole nitrogens is 1. The maximum Gasteiger partial charge on any atom is 0.276 e. The van der Waals surface area contributed by atoms with Gasteiger partial charge in [-0.3, -0.25) is 14.7 Å². The first-order valence-corrected chi connectivity index (χ1v) is 6.70. The maximum atomic E-state index is 13.5. The molecule has 110 valence electrons. The molecule has 3 rings (SSSR count). The van der Waals surface area contributed by atoms with Crippen LogP contribution < -0.4 is 10.7 Å². The van der Waals surface area contributed by atoms with Crippen molar-refractivity contribution in [2.75, 3.05) is 6.61 Å². The lowest BCUT2D eigenvalue weighted by molar-refractivity contribution is 0.0901. The number of hydrogen-bond donors (Lipinski definition) is 3. The number of halogens is 1. The van der Waals surface area contributed by atoms with E-state index in [1.807, 2.05) is 0 Å². The van der Waals surface area contributed by atoms with Gasteiger partial charge in [0.1, 0.15) is 11.3 Å². The molecule has 0 radical (unpaired) electrons. The average molecular weight is 291 g/mol. The summed E-state index contributed by atoms with van der Waals surface area (Å²) in [6, 6.07) is 3.66. The van der Waals surface area contributed by atoms with Crippen molar-refractivity contribution in [2.24, 2.45) is 5.92 Å². The molecule has 1 unspecified atom stereocenters. The van der Waals surface area contributed by atoms with E-state index in [0.29, 0.717) is 0 Å². The largest absolute Gasteiger partial charge is 0.394 e. The van der Waals surface area contributed by atoms with Gasteiger partial charge < -0.3 is 10.4 Å². The van der Waals surface area contributed by atoms with Crippen LogP contribution in [0.5, 0.6) is 0 Å². The molecule has 2 aromatic rings. The van der Waals surface area contributed by atoms with Crippen molar-refractivity contribution in [2.45, 2.75) is 18.9 Å². The maximum absolute atomic E-state index is 13.5. The van der Waals surface area contributed by atoms with Gasteiger partial charge in [-0.2, -0.15) is 5.10 Å². The van der Waals surface area contributed by atoms with Crippen LogP contribution in [0.15, 0.2) is 23.0 Å². The minimum absolute atomic E-state index is 0.0278. The summed E-state index contributed by atoms with van der Waals surface area (Å²) in [7, 11) is 0. The molecule has 0 bridgehead atoms. The quantitative estimate of drug-likeness (QED) is 0.767. The molecule has 1 amide bonds. The molecule has 1 saturated carbocycles. The number of carbonyl (C=O) groups excluding carboxylic acids is 1. The molecule has 0 saturated heterocycles. The smallest absolute Gasteiger partial charge is 0.276 e. The number of rotatable bonds is 4. The van der Waals surface area contributed by atoms with Crippen LogP contribution in [0.25, 0.3) is 10.9 Å². The Labute approximate surface area is 119 Å². The van der Waals surface area contributed by atoms with Gasteiger partial charge in [-0.1, -0.05) is 6.07 Å². The summed E-state index contributed by atoms with van der Waals surface area (Å²) in [5, 5.41) is 18.0. The summed E-state index contributed by atoms with van der Waals surface area (Å²) in [5.41, 5.74) is -0.986. The molecule has 1 aromatic heterocycles. The Kier molecular flexibility index (Phi) is 3.42. The number of nitrogens with zero attached hydrogens (tertiary/aromatic N) is 1. The zero-order valence-electron chi connectivity index (χ0n) is 11.1. The molecule has 1 aliphatic carbocycles. The SMILES string of the molecule is O=C(NC(CO)C1CC1)c1n[nH]c2c(F)cccc2c1=O. The van der Waals surface area contributed by atoms with Gasteiger partial charge in [0.15, 0.2) is 5.69 Å². The Hall–Kier alpha value is -2.28. The highest BCUT2D eigenvalue weighted by Gasteiger charge is 2.32. The highest BCUT2D eigenvalue weighted by atomic mass is 19.1.